The van der Waals surface area contributed by atoms with E-state index >= 15 is 0 Å². The van der Waals surface area contributed by atoms with Gasteiger partial charge in [-0.2, -0.15) is 0 Å². The fraction of sp³-hybridized carbons (Fsp3) is 0.812. The maximum Gasteiger partial charge on any atom is 0.302 e. The number of esters is 1. The van der Waals surface area contributed by atoms with Crippen molar-refractivity contribution in [2.75, 3.05) is 6.61 Å². The molecule has 0 heterocycles. The summed E-state index contributed by atoms with van der Waals surface area (Å²) in [5.41, 5.74) is 1.38. The molecule has 1 aliphatic carbocycles. The third-order valence-electron chi connectivity index (χ3n) is 4.19. The van der Waals surface area contributed by atoms with Crippen molar-refractivity contribution in [3.63, 3.8) is 0 Å². The molecule has 0 saturated heterocycles. The molecule has 0 radical (unpaired) electrons. The number of carbonyl (C=O) groups is 1. The first kappa shape index (κ1) is 16.2. The maximum absolute atomic E-state index is 11.1. The van der Waals surface area contributed by atoms with Gasteiger partial charge in [-0.15, -0.1) is 0 Å². The molecule has 3 heteroatoms. The predicted octanol–water partition coefficient (Wildman–Crippen LogP) is 3.46. The quantitative estimate of drug-likeness (QED) is 0.613. The minimum Gasteiger partial charge on any atom is -0.463 e. The molecule has 0 aromatic heterocycles. The lowest BCUT2D eigenvalue weighted by atomic mass is 9.66. The van der Waals surface area contributed by atoms with Crippen molar-refractivity contribution < 1.29 is 14.6 Å². The Kier molecular flexibility index (Phi) is 6.05. The van der Waals surface area contributed by atoms with E-state index < -0.39 is 0 Å². The highest BCUT2D eigenvalue weighted by Crippen LogP contribution is 2.45. The lowest BCUT2D eigenvalue weighted by molar-refractivity contribution is -0.149. The van der Waals surface area contributed by atoms with Gasteiger partial charge < -0.3 is 9.84 Å². The van der Waals surface area contributed by atoms with Gasteiger partial charge in [0.25, 0.3) is 0 Å². The molecule has 1 saturated carbocycles. The highest BCUT2D eigenvalue weighted by Gasteiger charge is 2.37. The number of hydrogen-bond acceptors (Lipinski definition) is 3. The molecule has 1 aliphatic rings. The molecular formula is C16H28O3. The number of rotatable bonds is 5. The van der Waals surface area contributed by atoms with Crippen molar-refractivity contribution in [3.8, 4) is 0 Å². The first-order valence-corrected chi connectivity index (χ1v) is 7.41. The van der Waals surface area contributed by atoms with E-state index in [0.29, 0.717) is 0 Å². The second-order valence-corrected chi connectivity index (χ2v) is 6.04. The molecule has 0 aromatic carbocycles. The van der Waals surface area contributed by atoms with Crippen LogP contribution in [0.1, 0.15) is 59.8 Å². The lowest BCUT2D eigenvalue weighted by Crippen LogP contribution is -2.35. The van der Waals surface area contributed by atoms with Crippen LogP contribution in [0.4, 0.5) is 0 Å². The zero-order valence-electron chi connectivity index (χ0n) is 12.7. The summed E-state index contributed by atoms with van der Waals surface area (Å²) in [5.74, 6) is -0.00786. The average Bonchev–Trinajstić information content (AvgIpc) is 2.34. The van der Waals surface area contributed by atoms with Gasteiger partial charge in [0.2, 0.25) is 0 Å². The Morgan fingerprint density at radius 3 is 2.79 bits per heavy atom. The van der Waals surface area contributed by atoms with Crippen LogP contribution < -0.4 is 0 Å². The highest BCUT2D eigenvalue weighted by molar-refractivity contribution is 5.66. The largest absolute Gasteiger partial charge is 0.463 e. The van der Waals surface area contributed by atoms with Crippen LogP contribution in [0.5, 0.6) is 0 Å². The zero-order valence-corrected chi connectivity index (χ0v) is 12.7. The molecule has 0 bridgehead atoms. The Morgan fingerprint density at radius 1 is 1.58 bits per heavy atom. The van der Waals surface area contributed by atoms with Crippen LogP contribution in [-0.2, 0) is 9.53 Å². The maximum atomic E-state index is 11.1. The van der Waals surface area contributed by atoms with Crippen molar-refractivity contribution in [1.29, 1.82) is 0 Å². The number of aliphatic hydroxyl groups is 1. The summed E-state index contributed by atoms with van der Waals surface area (Å²) < 4.78 is 5.40. The van der Waals surface area contributed by atoms with Gasteiger partial charge in [0.1, 0.15) is 6.10 Å². The standard InChI is InChI=1S/C16H28O3/c1-5-7-15(12(2)11-17)16(4)9-6-8-14(10-16)19-13(3)18/h7,12,14,17H,5-6,8-11H2,1-4H3/b15-7-. The van der Waals surface area contributed by atoms with Crippen LogP contribution in [-0.4, -0.2) is 23.8 Å². The number of aliphatic hydroxyl groups excluding tert-OH is 1. The van der Waals surface area contributed by atoms with Gasteiger partial charge in [0.15, 0.2) is 0 Å². The third-order valence-corrected chi connectivity index (χ3v) is 4.19. The van der Waals surface area contributed by atoms with Crippen molar-refractivity contribution in [3.05, 3.63) is 11.6 Å². The Bertz CT molecular complexity index is 335. The van der Waals surface area contributed by atoms with Crippen LogP contribution >= 0.6 is 0 Å². The fourth-order valence-electron chi connectivity index (χ4n) is 3.38. The van der Waals surface area contributed by atoms with E-state index in [9.17, 15) is 9.90 Å². The summed E-state index contributed by atoms with van der Waals surface area (Å²) in [4.78, 5) is 11.1. The summed E-state index contributed by atoms with van der Waals surface area (Å²) in [6, 6.07) is 0. The second-order valence-electron chi connectivity index (χ2n) is 6.04. The Labute approximate surface area is 117 Å². The number of allylic oxidation sites excluding steroid dienone is 1. The van der Waals surface area contributed by atoms with E-state index in [1.165, 1.54) is 12.5 Å². The highest BCUT2D eigenvalue weighted by atomic mass is 16.5. The molecule has 0 aliphatic heterocycles. The van der Waals surface area contributed by atoms with Crippen LogP contribution in [0.15, 0.2) is 11.6 Å². The van der Waals surface area contributed by atoms with E-state index in [-0.39, 0.29) is 30.0 Å². The van der Waals surface area contributed by atoms with Crippen molar-refractivity contribution >= 4 is 5.97 Å². The monoisotopic (exact) mass is 268 g/mol. The van der Waals surface area contributed by atoms with E-state index in [1.54, 1.807) is 0 Å². The van der Waals surface area contributed by atoms with E-state index in [1.807, 2.05) is 0 Å². The normalized spacial score (nSPS) is 29.9. The minimum absolute atomic E-state index is 0.0300. The van der Waals surface area contributed by atoms with Gasteiger partial charge in [-0.1, -0.05) is 32.4 Å². The summed E-state index contributed by atoms with van der Waals surface area (Å²) in [6.07, 6.45) is 7.28. The van der Waals surface area contributed by atoms with Crippen molar-refractivity contribution in [2.24, 2.45) is 11.3 Å². The molecule has 3 atom stereocenters. The number of hydrogen-bond donors (Lipinski definition) is 1. The fourth-order valence-corrected chi connectivity index (χ4v) is 3.38. The van der Waals surface area contributed by atoms with Gasteiger partial charge in [0, 0.05) is 19.4 Å². The molecule has 0 spiro atoms. The average molecular weight is 268 g/mol. The summed E-state index contributed by atoms with van der Waals surface area (Å²) in [5, 5.41) is 9.46. The zero-order chi connectivity index (χ0) is 14.5. The van der Waals surface area contributed by atoms with Gasteiger partial charge in [0.05, 0.1) is 0 Å². The van der Waals surface area contributed by atoms with Gasteiger partial charge in [-0.3, -0.25) is 4.79 Å². The third kappa shape index (κ3) is 4.34. The summed E-state index contributed by atoms with van der Waals surface area (Å²) in [6.45, 7) is 8.10. The lowest BCUT2D eigenvalue weighted by Gasteiger charge is -2.41. The second kappa shape index (κ2) is 7.09. The molecule has 0 amide bonds. The topological polar surface area (TPSA) is 46.5 Å². The Hall–Kier alpha value is -0.830. The Morgan fingerprint density at radius 2 is 2.26 bits per heavy atom. The molecule has 3 unspecified atom stereocenters. The molecule has 110 valence electrons. The van der Waals surface area contributed by atoms with Crippen molar-refractivity contribution in [1.82, 2.24) is 0 Å². The molecule has 3 nitrogen and oxygen atoms in total. The van der Waals surface area contributed by atoms with Crippen LogP contribution in [0.2, 0.25) is 0 Å². The smallest absolute Gasteiger partial charge is 0.302 e. The van der Waals surface area contributed by atoms with Crippen molar-refractivity contribution in [2.45, 2.75) is 65.9 Å². The van der Waals surface area contributed by atoms with Gasteiger partial charge in [-0.05, 0) is 37.5 Å². The van der Waals surface area contributed by atoms with Crippen LogP contribution in [0, 0.1) is 11.3 Å². The SMILES string of the molecule is CC/C=C(/C(C)CO)C1(C)CCCC(OC(C)=O)C1. The number of ether oxygens (including phenoxy) is 1. The van der Waals surface area contributed by atoms with Gasteiger partial charge >= 0.3 is 5.97 Å². The molecular weight excluding hydrogens is 240 g/mol. The molecule has 1 N–H and O–H groups in total. The van der Waals surface area contributed by atoms with Crippen LogP contribution in [0.25, 0.3) is 0 Å². The summed E-state index contributed by atoms with van der Waals surface area (Å²) in [7, 11) is 0. The Balaban J connectivity index is 2.87. The molecule has 1 fully saturated rings. The minimum atomic E-state index is -0.189. The predicted molar refractivity (Wildman–Crippen MR) is 76.8 cm³/mol. The van der Waals surface area contributed by atoms with E-state index in [4.69, 9.17) is 4.74 Å². The first-order chi connectivity index (χ1) is 8.92. The first-order valence-electron chi connectivity index (χ1n) is 7.41. The van der Waals surface area contributed by atoms with Crippen LogP contribution in [0.3, 0.4) is 0 Å². The molecule has 0 aromatic rings. The number of carbonyl (C=O) groups excluding carboxylic acids is 1. The molecule has 19 heavy (non-hydrogen) atoms. The summed E-state index contributed by atoms with van der Waals surface area (Å²) >= 11 is 0. The molecule has 1 rings (SSSR count). The van der Waals surface area contributed by atoms with Gasteiger partial charge in [-0.25, -0.2) is 0 Å². The van der Waals surface area contributed by atoms with E-state index in [2.05, 4.69) is 26.8 Å². The van der Waals surface area contributed by atoms with E-state index in [0.717, 1.165) is 32.1 Å².